The molecule has 6 heteroatoms. The fourth-order valence-electron chi connectivity index (χ4n) is 2.18. The lowest BCUT2D eigenvalue weighted by Gasteiger charge is -2.25. The van der Waals surface area contributed by atoms with Gasteiger partial charge in [0.2, 0.25) is 0 Å². The second-order valence-corrected chi connectivity index (χ2v) is 8.14. The van der Waals surface area contributed by atoms with Crippen molar-refractivity contribution in [2.45, 2.75) is 31.5 Å². The first kappa shape index (κ1) is 18.3. The number of hydrogen-bond donors (Lipinski definition) is 2. The molecule has 0 bridgehead atoms. The summed E-state index contributed by atoms with van der Waals surface area (Å²) in [6.45, 7) is 1.78. The molecule has 0 radical (unpaired) electrons. The summed E-state index contributed by atoms with van der Waals surface area (Å²) in [5.74, 6) is 0. The van der Waals surface area contributed by atoms with Crippen LogP contribution in [0.5, 0.6) is 0 Å². The molecule has 0 aliphatic rings. The van der Waals surface area contributed by atoms with Gasteiger partial charge in [-0.2, -0.15) is 0 Å². The zero-order valence-corrected chi connectivity index (χ0v) is 14.3. The first-order chi connectivity index (χ1) is 10.2. The van der Waals surface area contributed by atoms with Crippen molar-refractivity contribution >= 4 is 8.80 Å². The molecule has 1 rings (SSSR count). The lowest BCUT2D eigenvalue weighted by Crippen LogP contribution is -2.44. The molecule has 1 atom stereocenters. The van der Waals surface area contributed by atoms with Gasteiger partial charge in [0.25, 0.3) is 0 Å². The maximum Gasteiger partial charge on any atom is 0.500 e. The Kier molecular flexibility index (Phi) is 8.75. The van der Waals surface area contributed by atoms with Gasteiger partial charge in [-0.1, -0.05) is 30.3 Å². The van der Waals surface area contributed by atoms with E-state index in [1.54, 1.807) is 21.3 Å². The highest BCUT2D eigenvalue weighted by Gasteiger charge is 2.37. The number of benzene rings is 1. The first-order valence-corrected chi connectivity index (χ1v) is 9.24. The van der Waals surface area contributed by atoms with Crippen LogP contribution in [0.1, 0.15) is 18.4 Å². The minimum Gasteiger partial charge on any atom is -0.377 e. The molecule has 0 spiro atoms. The van der Waals surface area contributed by atoms with Gasteiger partial charge in [0.05, 0.1) is 0 Å². The second kappa shape index (κ2) is 10.0. The van der Waals surface area contributed by atoms with E-state index in [9.17, 15) is 0 Å². The van der Waals surface area contributed by atoms with Crippen LogP contribution in [0.4, 0.5) is 0 Å². The lowest BCUT2D eigenvalue weighted by molar-refractivity contribution is 0.122. The molecule has 120 valence electrons. The topological polar surface area (TPSA) is 65.7 Å². The van der Waals surface area contributed by atoms with Gasteiger partial charge in [-0.3, -0.25) is 0 Å². The molecule has 0 aliphatic heterocycles. The Morgan fingerprint density at radius 2 is 1.67 bits per heavy atom. The first-order valence-electron chi connectivity index (χ1n) is 7.31. The number of rotatable bonds is 11. The van der Waals surface area contributed by atoms with E-state index in [1.807, 2.05) is 18.2 Å². The minimum atomic E-state index is -2.48. The van der Waals surface area contributed by atoms with E-state index in [4.69, 9.17) is 19.0 Å². The third-order valence-corrected chi connectivity index (χ3v) is 6.39. The third kappa shape index (κ3) is 6.69. The summed E-state index contributed by atoms with van der Waals surface area (Å²) in [5.41, 5.74) is 7.43. The Bertz CT molecular complexity index is 366. The van der Waals surface area contributed by atoms with Crippen LogP contribution in [0.25, 0.3) is 0 Å². The lowest BCUT2D eigenvalue weighted by atomic mass is 10.1. The standard InChI is InChI=1S/C15H28N2O3Si/c1-18-21(19-2,20-3)12-10-15(16)9-11-17-13-14-7-5-4-6-8-14/h4-8,15,17H,9-13,16H2,1-3H3. The fraction of sp³-hybridized carbons (Fsp3) is 0.600. The van der Waals surface area contributed by atoms with Gasteiger partial charge in [-0.05, 0) is 24.9 Å². The van der Waals surface area contributed by atoms with Crippen LogP contribution in [0, 0.1) is 0 Å². The zero-order chi connectivity index (χ0) is 15.6. The van der Waals surface area contributed by atoms with Crippen LogP contribution in [0.3, 0.4) is 0 Å². The predicted molar refractivity (Wildman–Crippen MR) is 86.9 cm³/mol. The van der Waals surface area contributed by atoms with E-state index in [2.05, 4.69) is 17.4 Å². The van der Waals surface area contributed by atoms with Crippen molar-refractivity contribution < 1.29 is 13.3 Å². The van der Waals surface area contributed by atoms with Crippen LogP contribution >= 0.6 is 0 Å². The van der Waals surface area contributed by atoms with Crippen molar-refractivity contribution in [3.05, 3.63) is 35.9 Å². The van der Waals surface area contributed by atoms with Crippen LogP contribution in [-0.4, -0.2) is 42.7 Å². The van der Waals surface area contributed by atoms with Crippen LogP contribution in [0.15, 0.2) is 30.3 Å². The molecule has 0 saturated heterocycles. The minimum absolute atomic E-state index is 0.126. The van der Waals surface area contributed by atoms with Crippen molar-refractivity contribution in [2.75, 3.05) is 27.9 Å². The van der Waals surface area contributed by atoms with E-state index in [1.165, 1.54) is 5.56 Å². The normalized spacial score (nSPS) is 13.3. The molecule has 0 fully saturated rings. The molecule has 3 N–H and O–H groups in total. The van der Waals surface area contributed by atoms with E-state index in [0.29, 0.717) is 0 Å². The van der Waals surface area contributed by atoms with Gasteiger partial charge in [0.15, 0.2) is 0 Å². The number of hydrogen-bond acceptors (Lipinski definition) is 5. The predicted octanol–water partition coefficient (Wildman–Crippen LogP) is 1.76. The molecule has 1 aromatic rings. The van der Waals surface area contributed by atoms with Crippen molar-refractivity contribution in [3.8, 4) is 0 Å². The van der Waals surface area contributed by atoms with Gasteiger partial charge in [-0.15, -0.1) is 0 Å². The Hall–Kier alpha value is -0.763. The smallest absolute Gasteiger partial charge is 0.377 e. The van der Waals surface area contributed by atoms with Gasteiger partial charge in [0.1, 0.15) is 0 Å². The van der Waals surface area contributed by atoms with Crippen LogP contribution < -0.4 is 11.1 Å². The summed E-state index contributed by atoms with van der Waals surface area (Å²) in [4.78, 5) is 0. The summed E-state index contributed by atoms with van der Waals surface area (Å²) >= 11 is 0. The molecule has 0 saturated carbocycles. The van der Waals surface area contributed by atoms with Gasteiger partial charge < -0.3 is 24.3 Å². The van der Waals surface area contributed by atoms with Crippen molar-refractivity contribution in [1.29, 1.82) is 0 Å². The molecular weight excluding hydrogens is 284 g/mol. The maximum atomic E-state index is 6.14. The third-order valence-electron chi connectivity index (χ3n) is 3.62. The Morgan fingerprint density at radius 3 is 2.24 bits per heavy atom. The summed E-state index contributed by atoms with van der Waals surface area (Å²) in [6, 6.07) is 11.2. The van der Waals surface area contributed by atoms with Gasteiger partial charge >= 0.3 is 8.80 Å². The summed E-state index contributed by atoms with van der Waals surface area (Å²) in [6.07, 6.45) is 1.77. The Morgan fingerprint density at radius 1 is 1.05 bits per heavy atom. The molecule has 1 unspecified atom stereocenters. The van der Waals surface area contributed by atoms with Crippen LogP contribution in [0.2, 0.25) is 6.04 Å². The molecular formula is C15H28N2O3Si. The SMILES string of the molecule is CO[Si](CCC(N)CCNCc1ccccc1)(OC)OC. The Balaban J connectivity index is 2.18. The van der Waals surface area contributed by atoms with Crippen molar-refractivity contribution in [2.24, 2.45) is 5.73 Å². The summed E-state index contributed by atoms with van der Waals surface area (Å²) in [7, 11) is 2.41. The highest BCUT2D eigenvalue weighted by Crippen LogP contribution is 2.16. The molecule has 0 heterocycles. The van der Waals surface area contributed by atoms with E-state index < -0.39 is 8.80 Å². The average molecular weight is 312 g/mol. The Labute approximate surface area is 129 Å². The largest absolute Gasteiger partial charge is 0.500 e. The zero-order valence-electron chi connectivity index (χ0n) is 13.3. The molecule has 0 amide bonds. The second-order valence-electron chi connectivity index (χ2n) is 5.05. The van der Waals surface area contributed by atoms with Crippen molar-refractivity contribution in [3.63, 3.8) is 0 Å². The fourth-order valence-corrected chi connectivity index (χ4v) is 4.02. The molecule has 21 heavy (non-hydrogen) atoms. The summed E-state index contributed by atoms with van der Waals surface area (Å²) < 4.78 is 16.2. The molecule has 5 nitrogen and oxygen atoms in total. The molecule has 0 aliphatic carbocycles. The molecule has 1 aromatic carbocycles. The van der Waals surface area contributed by atoms with Gasteiger partial charge in [0, 0.05) is 40.0 Å². The summed E-state index contributed by atoms with van der Waals surface area (Å²) in [5, 5.41) is 3.41. The highest BCUT2D eigenvalue weighted by atomic mass is 28.4. The molecule has 0 aromatic heterocycles. The highest BCUT2D eigenvalue weighted by molar-refractivity contribution is 6.60. The number of nitrogens with one attached hydrogen (secondary N) is 1. The average Bonchev–Trinajstić information content (AvgIpc) is 2.54. The number of nitrogens with two attached hydrogens (primary N) is 1. The maximum absolute atomic E-state index is 6.14. The van der Waals surface area contributed by atoms with E-state index in [-0.39, 0.29) is 6.04 Å². The van der Waals surface area contributed by atoms with E-state index in [0.717, 1.165) is 32.0 Å². The van der Waals surface area contributed by atoms with Gasteiger partial charge in [-0.25, -0.2) is 0 Å². The monoisotopic (exact) mass is 312 g/mol. The van der Waals surface area contributed by atoms with Crippen molar-refractivity contribution in [1.82, 2.24) is 5.32 Å². The van der Waals surface area contributed by atoms with E-state index >= 15 is 0 Å². The van der Waals surface area contributed by atoms with Crippen LogP contribution in [-0.2, 0) is 19.8 Å². The quantitative estimate of drug-likeness (QED) is 0.481.